The SMILES string of the molecule is [O-2].[O-2].[O-2].[O-2].[O-2].[V].[V].[Zr].[Zr]. The van der Waals surface area contributed by atoms with Gasteiger partial charge in [0.1, 0.15) is 0 Å². The normalized spacial score (nSPS) is 0. The Morgan fingerprint density at radius 3 is 0.333 bits per heavy atom. The van der Waals surface area contributed by atoms with Crippen LogP contribution in [0.1, 0.15) is 0 Å². The summed E-state index contributed by atoms with van der Waals surface area (Å²) >= 11 is 0. The Kier molecular flexibility index (Phi) is 2730. The second-order valence-corrected chi connectivity index (χ2v) is 0. The van der Waals surface area contributed by atoms with E-state index in [9.17, 15) is 0 Å². The zero-order valence-electron chi connectivity index (χ0n) is 3.94. The van der Waals surface area contributed by atoms with Crippen LogP contribution in [0, 0.1) is 0 Å². The molecule has 0 aliphatic rings. The van der Waals surface area contributed by atoms with E-state index in [0.29, 0.717) is 0 Å². The first-order valence-electron chi connectivity index (χ1n) is 0. The monoisotopic (exact) mass is 362 g/mol. The summed E-state index contributed by atoms with van der Waals surface area (Å²) in [6.45, 7) is 0. The van der Waals surface area contributed by atoms with Crippen LogP contribution in [0.5, 0.6) is 0 Å². The molecule has 9 heteroatoms. The van der Waals surface area contributed by atoms with Gasteiger partial charge in [0.05, 0.1) is 0 Å². The third-order valence-electron chi connectivity index (χ3n) is 0. The van der Waals surface area contributed by atoms with Crippen LogP contribution in [-0.2, 0) is 117 Å². The average molecular weight is 364 g/mol. The molecule has 0 saturated heterocycles. The summed E-state index contributed by atoms with van der Waals surface area (Å²) in [5.41, 5.74) is 0. The third-order valence-corrected chi connectivity index (χ3v) is 0. The molecule has 9 heavy (non-hydrogen) atoms. The molecule has 5 nitrogen and oxygen atoms in total. The van der Waals surface area contributed by atoms with E-state index in [0.717, 1.165) is 0 Å². The molecule has 0 aliphatic carbocycles. The second-order valence-electron chi connectivity index (χ2n) is 0. The molecule has 0 unspecified atom stereocenters. The van der Waals surface area contributed by atoms with Gasteiger partial charge in [-0.25, -0.2) is 0 Å². The van der Waals surface area contributed by atoms with E-state index in [1.165, 1.54) is 0 Å². The van der Waals surface area contributed by atoms with Crippen molar-refractivity contribution in [2.45, 2.75) is 0 Å². The van der Waals surface area contributed by atoms with Crippen LogP contribution in [0.2, 0.25) is 0 Å². The van der Waals surface area contributed by atoms with Gasteiger partial charge in [0.2, 0.25) is 0 Å². The molecule has 0 amide bonds. The van der Waals surface area contributed by atoms with Crippen LogP contribution >= 0.6 is 0 Å². The summed E-state index contributed by atoms with van der Waals surface area (Å²) in [4.78, 5) is 0. The molecular formula is O5V2Zr2-10. The van der Waals surface area contributed by atoms with Gasteiger partial charge >= 0.3 is 0 Å². The molecule has 0 spiro atoms. The first-order chi connectivity index (χ1) is 0. The van der Waals surface area contributed by atoms with Crippen molar-refractivity contribution >= 4 is 0 Å². The molecule has 2 radical (unpaired) electrons. The zero-order chi connectivity index (χ0) is 0. The first-order valence-corrected chi connectivity index (χ1v) is 0. The predicted octanol–water partition coefficient (Wildman–Crippen LogP) is -0.604. The fraction of sp³-hybridized carbons (Fsp3) is 0. The molecule has 0 aliphatic heterocycles. The van der Waals surface area contributed by atoms with Gasteiger partial charge in [-0.15, -0.1) is 0 Å². The molecule has 0 bridgehead atoms. The minimum Gasteiger partial charge on any atom is -2.00 e. The maximum absolute atomic E-state index is 0. The minimum atomic E-state index is 0. The van der Waals surface area contributed by atoms with Gasteiger partial charge in [0, 0.05) is 89.5 Å². The van der Waals surface area contributed by atoms with Gasteiger partial charge in [-0.3, -0.25) is 0 Å². The van der Waals surface area contributed by atoms with Crippen LogP contribution in [0.3, 0.4) is 0 Å². The largest absolute Gasteiger partial charge is 2.00 e. The maximum Gasteiger partial charge on any atom is 0 e. The topological polar surface area (TPSA) is 142 Å². The van der Waals surface area contributed by atoms with Crippen molar-refractivity contribution in [3.63, 3.8) is 0 Å². The molecular weight excluding hydrogens is 364 g/mol. The molecule has 58 valence electrons. The van der Waals surface area contributed by atoms with Gasteiger partial charge in [-0.1, -0.05) is 0 Å². The summed E-state index contributed by atoms with van der Waals surface area (Å²) < 4.78 is 0. The van der Waals surface area contributed by atoms with E-state index >= 15 is 0 Å². The van der Waals surface area contributed by atoms with Crippen molar-refractivity contribution in [2.75, 3.05) is 0 Å². The quantitative estimate of drug-likeness (QED) is 0.541. The first kappa shape index (κ1) is 181. The Bertz CT molecular complexity index is 12.9. The molecule has 0 aromatic carbocycles. The van der Waals surface area contributed by atoms with E-state index in [-0.39, 0.29) is 117 Å². The smallest absolute Gasteiger partial charge is 0 e. The van der Waals surface area contributed by atoms with Gasteiger partial charge < -0.3 is 27.4 Å². The number of hydrogen-bond acceptors (Lipinski definition) is 0. The molecule has 0 aromatic heterocycles. The zero-order valence-corrected chi connectivity index (χ0v) is 11.6. The van der Waals surface area contributed by atoms with Crippen molar-refractivity contribution in [3.05, 3.63) is 0 Å². The average Bonchev–Trinajstić information content (AvgIpc) is 0. The van der Waals surface area contributed by atoms with E-state index in [1.807, 2.05) is 0 Å². The second kappa shape index (κ2) is 136. The molecule has 0 rings (SSSR count). The van der Waals surface area contributed by atoms with E-state index in [2.05, 4.69) is 0 Å². The third kappa shape index (κ3) is 109. The van der Waals surface area contributed by atoms with Crippen molar-refractivity contribution in [2.24, 2.45) is 0 Å². The Balaban J connectivity index is 0. The fourth-order valence-corrected chi connectivity index (χ4v) is 0. The number of hydrogen-bond donors (Lipinski definition) is 0. The Morgan fingerprint density at radius 1 is 0.333 bits per heavy atom. The van der Waals surface area contributed by atoms with E-state index in [4.69, 9.17) is 0 Å². The van der Waals surface area contributed by atoms with Crippen molar-refractivity contribution in [1.82, 2.24) is 0 Å². The predicted molar refractivity (Wildman–Crippen MR) is 3.43 cm³/mol. The molecule has 0 N–H and O–H groups in total. The van der Waals surface area contributed by atoms with Crippen LogP contribution < -0.4 is 0 Å². The van der Waals surface area contributed by atoms with Crippen molar-refractivity contribution in [1.29, 1.82) is 0 Å². The van der Waals surface area contributed by atoms with Crippen LogP contribution in [0.15, 0.2) is 0 Å². The summed E-state index contributed by atoms with van der Waals surface area (Å²) in [5.74, 6) is 0. The standard InChI is InChI=1S/5O.2V.2Zr/q5*-2;;;;. The van der Waals surface area contributed by atoms with Crippen molar-refractivity contribution in [3.8, 4) is 0 Å². The van der Waals surface area contributed by atoms with Crippen LogP contribution in [0.4, 0.5) is 0 Å². The van der Waals surface area contributed by atoms with Gasteiger partial charge in [-0.05, 0) is 0 Å². The Hall–Kier alpha value is 2.74. The van der Waals surface area contributed by atoms with Gasteiger partial charge in [0.25, 0.3) is 0 Å². The van der Waals surface area contributed by atoms with Crippen LogP contribution in [0.25, 0.3) is 0 Å². The molecule has 0 atom stereocenters. The molecule has 0 fully saturated rings. The summed E-state index contributed by atoms with van der Waals surface area (Å²) in [6, 6.07) is 0. The van der Waals surface area contributed by atoms with Crippen LogP contribution in [-0.4, -0.2) is 0 Å². The van der Waals surface area contributed by atoms with Gasteiger partial charge in [-0.2, -0.15) is 0 Å². The minimum absolute atomic E-state index is 0. The summed E-state index contributed by atoms with van der Waals surface area (Å²) in [7, 11) is 0. The van der Waals surface area contributed by atoms with Crippen molar-refractivity contribution < 1.29 is 117 Å². The summed E-state index contributed by atoms with van der Waals surface area (Å²) in [6.07, 6.45) is 0. The molecule has 0 aromatic rings. The Labute approximate surface area is 115 Å². The molecule has 0 saturated carbocycles. The molecule has 0 heterocycles. The van der Waals surface area contributed by atoms with E-state index < -0.39 is 0 Å². The Morgan fingerprint density at radius 2 is 0.333 bits per heavy atom. The number of rotatable bonds is 0. The fourth-order valence-electron chi connectivity index (χ4n) is 0. The van der Waals surface area contributed by atoms with Gasteiger partial charge in [0.15, 0.2) is 0 Å². The van der Waals surface area contributed by atoms with E-state index in [1.54, 1.807) is 0 Å². The summed E-state index contributed by atoms with van der Waals surface area (Å²) in [5, 5.41) is 0. The maximum atomic E-state index is 0.